The summed E-state index contributed by atoms with van der Waals surface area (Å²) in [5.74, 6) is -0.885. The summed E-state index contributed by atoms with van der Waals surface area (Å²) >= 11 is 0. The van der Waals surface area contributed by atoms with E-state index in [0.29, 0.717) is 19.3 Å². The summed E-state index contributed by atoms with van der Waals surface area (Å²) < 4.78 is 16.9. The smallest absolute Gasteiger partial charge is 0.306 e. The molecule has 0 radical (unpaired) electrons. The molecule has 0 aromatic rings. The second-order valence-corrected chi connectivity index (χ2v) is 22.0. The van der Waals surface area contributed by atoms with E-state index < -0.39 is 6.10 Å². The fourth-order valence-electron chi connectivity index (χ4n) is 9.40. The third-order valence-corrected chi connectivity index (χ3v) is 14.4. The van der Waals surface area contributed by atoms with Gasteiger partial charge >= 0.3 is 17.9 Å². The molecule has 0 rings (SSSR count). The third kappa shape index (κ3) is 61.7. The lowest BCUT2D eigenvalue weighted by Gasteiger charge is -2.18. The third-order valence-electron chi connectivity index (χ3n) is 14.4. The molecular formula is C70H124O6. The maximum absolute atomic E-state index is 12.9. The van der Waals surface area contributed by atoms with Crippen molar-refractivity contribution in [3.63, 3.8) is 0 Å². The number of carbonyl (C=O) groups excluding carboxylic acids is 3. The van der Waals surface area contributed by atoms with Crippen molar-refractivity contribution in [2.75, 3.05) is 13.2 Å². The highest BCUT2D eigenvalue weighted by atomic mass is 16.6. The van der Waals surface area contributed by atoms with E-state index in [9.17, 15) is 14.4 Å². The van der Waals surface area contributed by atoms with Crippen molar-refractivity contribution < 1.29 is 28.6 Å². The van der Waals surface area contributed by atoms with Crippen LogP contribution in [0.3, 0.4) is 0 Å². The summed E-state index contributed by atoms with van der Waals surface area (Å²) in [5.41, 5.74) is 0. The van der Waals surface area contributed by atoms with Crippen LogP contribution in [0.1, 0.15) is 335 Å². The molecule has 0 aliphatic rings. The van der Waals surface area contributed by atoms with Gasteiger partial charge in [-0.1, -0.05) is 280 Å². The predicted molar refractivity (Wildman–Crippen MR) is 330 cm³/mol. The highest BCUT2D eigenvalue weighted by Gasteiger charge is 2.19. The number of hydrogen-bond acceptors (Lipinski definition) is 6. The molecule has 0 aliphatic heterocycles. The molecule has 0 saturated heterocycles. The topological polar surface area (TPSA) is 78.9 Å². The van der Waals surface area contributed by atoms with Gasteiger partial charge in [0.05, 0.1) is 0 Å². The lowest BCUT2D eigenvalue weighted by molar-refractivity contribution is -0.167. The van der Waals surface area contributed by atoms with E-state index >= 15 is 0 Å². The summed E-state index contributed by atoms with van der Waals surface area (Å²) in [4.78, 5) is 38.2. The van der Waals surface area contributed by atoms with Crippen LogP contribution in [0.2, 0.25) is 0 Å². The van der Waals surface area contributed by atoms with Gasteiger partial charge in [0.1, 0.15) is 13.2 Å². The number of carbonyl (C=O) groups is 3. The summed E-state index contributed by atoms with van der Waals surface area (Å²) in [6.45, 7) is 6.59. The number of hydrogen-bond donors (Lipinski definition) is 0. The van der Waals surface area contributed by atoms with Gasteiger partial charge in [0.2, 0.25) is 0 Å². The molecule has 0 aromatic heterocycles. The van der Waals surface area contributed by atoms with Crippen LogP contribution >= 0.6 is 0 Å². The molecule has 0 bridgehead atoms. The number of rotatable bonds is 60. The monoisotopic (exact) mass is 1060 g/mol. The lowest BCUT2D eigenvalue weighted by Crippen LogP contribution is -2.30. The zero-order chi connectivity index (χ0) is 55.0. The van der Waals surface area contributed by atoms with Gasteiger partial charge in [-0.25, -0.2) is 0 Å². The van der Waals surface area contributed by atoms with Crippen LogP contribution in [-0.4, -0.2) is 37.2 Å². The fourth-order valence-corrected chi connectivity index (χ4v) is 9.40. The quantitative estimate of drug-likeness (QED) is 0.0261. The molecular weight excluding hydrogens is 937 g/mol. The Balaban J connectivity index is 4.21. The molecule has 6 heteroatoms. The first-order valence-electron chi connectivity index (χ1n) is 32.9. The summed E-state index contributed by atoms with van der Waals surface area (Å²) in [5, 5.41) is 0. The number of unbranched alkanes of at least 4 members (excludes halogenated alkanes) is 37. The van der Waals surface area contributed by atoms with E-state index in [0.717, 1.165) is 89.9 Å². The van der Waals surface area contributed by atoms with Crippen molar-refractivity contribution in [3.05, 3.63) is 72.9 Å². The minimum Gasteiger partial charge on any atom is -0.462 e. The van der Waals surface area contributed by atoms with Gasteiger partial charge in [-0.3, -0.25) is 14.4 Å². The van der Waals surface area contributed by atoms with Crippen LogP contribution in [0, 0.1) is 0 Å². The highest BCUT2D eigenvalue weighted by Crippen LogP contribution is 2.16. The number of ether oxygens (including phenoxy) is 3. The van der Waals surface area contributed by atoms with Crippen LogP contribution in [0.4, 0.5) is 0 Å². The summed E-state index contributed by atoms with van der Waals surface area (Å²) in [7, 11) is 0. The molecule has 0 spiro atoms. The Labute approximate surface area is 472 Å². The summed E-state index contributed by atoms with van der Waals surface area (Å²) in [6, 6.07) is 0. The van der Waals surface area contributed by atoms with Crippen LogP contribution in [0.15, 0.2) is 72.9 Å². The van der Waals surface area contributed by atoms with E-state index in [1.165, 1.54) is 205 Å². The molecule has 0 N–H and O–H groups in total. The Morgan fingerprint density at radius 2 is 0.487 bits per heavy atom. The summed E-state index contributed by atoms with van der Waals surface area (Å²) in [6.07, 6.45) is 83.5. The van der Waals surface area contributed by atoms with Gasteiger partial charge < -0.3 is 14.2 Å². The first kappa shape index (κ1) is 72.8. The fraction of sp³-hybridized carbons (Fsp3) is 0.786. The minimum absolute atomic E-state index is 0.0797. The standard InChI is InChI=1S/C70H124O6/c1-4-7-10-13-16-19-22-24-26-28-30-31-32-33-34-35-36-37-38-39-40-42-43-45-48-51-54-57-60-63-69(72)75-66-67(65-74-68(71)62-59-56-53-50-47-21-18-15-12-9-6-3)76-70(73)64-61-58-55-52-49-46-44-41-29-27-25-23-20-17-14-11-8-5-2/h15,18,20,22-24,27-30,32-33,67H,4-14,16-17,19,21,25-26,31,34-66H2,1-3H3/b18-15-,23-20-,24-22-,29-27-,30-28-,33-32-. The largest absolute Gasteiger partial charge is 0.462 e. The van der Waals surface area contributed by atoms with Crippen LogP contribution < -0.4 is 0 Å². The van der Waals surface area contributed by atoms with Crippen molar-refractivity contribution in [2.45, 2.75) is 341 Å². The maximum atomic E-state index is 12.9. The van der Waals surface area contributed by atoms with E-state index in [1.54, 1.807) is 0 Å². The minimum atomic E-state index is -0.783. The van der Waals surface area contributed by atoms with Gasteiger partial charge in [0.25, 0.3) is 0 Å². The average Bonchev–Trinajstić information content (AvgIpc) is 3.42. The van der Waals surface area contributed by atoms with Crippen LogP contribution in [0.25, 0.3) is 0 Å². The van der Waals surface area contributed by atoms with Crippen molar-refractivity contribution in [1.82, 2.24) is 0 Å². The van der Waals surface area contributed by atoms with Gasteiger partial charge in [0.15, 0.2) is 6.10 Å². The Hall–Kier alpha value is -3.15. The van der Waals surface area contributed by atoms with E-state index in [-0.39, 0.29) is 31.1 Å². The predicted octanol–water partition coefficient (Wildman–Crippen LogP) is 22.5. The van der Waals surface area contributed by atoms with Gasteiger partial charge in [-0.15, -0.1) is 0 Å². The molecule has 440 valence electrons. The van der Waals surface area contributed by atoms with Crippen molar-refractivity contribution >= 4 is 17.9 Å². The molecule has 0 amide bonds. The molecule has 0 heterocycles. The lowest BCUT2D eigenvalue weighted by atomic mass is 10.0. The second-order valence-electron chi connectivity index (χ2n) is 22.0. The van der Waals surface area contributed by atoms with Gasteiger partial charge in [0, 0.05) is 19.3 Å². The zero-order valence-electron chi connectivity index (χ0n) is 50.5. The molecule has 6 nitrogen and oxygen atoms in total. The molecule has 0 fully saturated rings. The Morgan fingerprint density at radius 3 is 0.803 bits per heavy atom. The molecule has 1 unspecified atom stereocenters. The first-order valence-corrected chi connectivity index (χ1v) is 32.9. The molecule has 76 heavy (non-hydrogen) atoms. The Bertz CT molecular complexity index is 1400. The highest BCUT2D eigenvalue weighted by molar-refractivity contribution is 5.71. The average molecular weight is 1060 g/mol. The van der Waals surface area contributed by atoms with Crippen LogP contribution in [0.5, 0.6) is 0 Å². The van der Waals surface area contributed by atoms with E-state index in [4.69, 9.17) is 14.2 Å². The number of allylic oxidation sites excluding steroid dienone is 12. The van der Waals surface area contributed by atoms with Gasteiger partial charge in [-0.05, 0) is 109 Å². The SMILES string of the molecule is CCCC/C=C\CCCCCCCC(=O)OCC(COC(=O)CCCCCCCCCCCCCCCC/C=C\C/C=C\C/C=C\CCCCCCC)OC(=O)CCCCCCCCC/C=C\C/C=C\CCCCCC. The molecule has 1 atom stereocenters. The van der Waals surface area contributed by atoms with E-state index in [2.05, 4.69) is 93.7 Å². The maximum Gasteiger partial charge on any atom is 0.306 e. The second kappa shape index (κ2) is 64.4. The van der Waals surface area contributed by atoms with Gasteiger partial charge in [-0.2, -0.15) is 0 Å². The van der Waals surface area contributed by atoms with Crippen molar-refractivity contribution in [3.8, 4) is 0 Å². The normalized spacial score (nSPS) is 12.5. The molecule has 0 saturated carbocycles. The number of esters is 3. The van der Waals surface area contributed by atoms with Crippen molar-refractivity contribution in [1.29, 1.82) is 0 Å². The zero-order valence-corrected chi connectivity index (χ0v) is 50.5. The molecule has 0 aliphatic carbocycles. The Morgan fingerprint density at radius 1 is 0.263 bits per heavy atom. The van der Waals surface area contributed by atoms with Crippen LogP contribution in [-0.2, 0) is 28.6 Å². The molecule has 0 aromatic carbocycles. The Kier molecular flexibility index (Phi) is 61.7. The van der Waals surface area contributed by atoms with E-state index in [1.807, 2.05) is 0 Å². The first-order chi connectivity index (χ1) is 37.5. The van der Waals surface area contributed by atoms with Crippen molar-refractivity contribution in [2.24, 2.45) is 0 Å².